The SMILES string of the molecule is c1ccc(-c2cc[n+](OCCCO[n+]3ccc(-c4ccccc4)cc3)cc2)cc1. The van der Waals surface area contributed by atoms with Crippen LogP contribution < -0.4 is 19.1 Å². The summed E-state index contributed by atoms with van der Waals surface area (Å²) >= 11 is 0. The molecule has 2 heterocycles. The van der Waals surface area contributed by atoms with E-state index in [0.29, 0.717) is 13.2 Å². The lowest BCUT2D eigenvalue weighted by molar-refractivity contribution is -0.897. The molecule has 0 aliphatic heterocycles. The Morgan fingerprint density at radius 2 is 0.793 bits per heavy atom. The van der Waals surface area contributed by atoms with Gasteiger partial charge in [-0.15, -0.1) is 0 Å². The van der Waals surface area contributed by atoms with Gasteiger partial charge in [0.25, 0.3) is 0 Å². The van der Waals surface area contributed by atoms with Gasteiger partial charge in [0, 0.05) is 40.1 Å². The number of benzene rings is 2. The van der Waals surface area contributed by atoms with Crippen LogP contribution in [-0.2, 0) is 0 Å². The fourth-order valence-electron chi connectivity index (χ4n) is 3.04. The van der Waals surface area contributed by atoms with Crippen molar-refractivity contribution in [2.24, 2.45) is 0 Å². The first-order valence-electron chi connectivity index (χ1n) is 9.78. The van der Waals surface area contributed by atoms with E-state index in [1.807, 2.05) is 61.2 Å². The van der Waals surface area contributed by atoms with E-state index in [0.717, 1.165) is 6.42 Å². The van der Waals surface area contributed by atoms with Gasteiger partial charge in [0.2, 0.25) is 24.8 Å². The van der Waals surface area contributed by atoms with Crippen molar-refractivity contribution in [3.8, 4) is 22.3 Å². The largest absolute Gasteiger partial charge is 0.271 e. The second-order valence-electron chi connectivity index (χ2n) is 6.65. The molecule has 4 rings (SSSR count). The third kappa shape index (κ3) is 5.20. The predicted octanol–water partition coefficient (Wildman–Crippen LogP) is 3.54. The van der Waals surface area contributed by atoms with Crippen LogP contribution in [0.2, 0.25) is 0 Å². The molecule has 0 bridgehead atoms. The highest BCUT2D eigenvalue weighted by Crippen LogP contribution is 2.17. The summed E-state index contributed by atoms with van der Waals surface area (Å²) < 4.78 is 3.46. The Morgan fingerprint density at radius 3 is 1.17 bits per heavy atom. The molecule has 4 heteroatoms. The zero-order valence-electron chi connectivity index (χ0n) is 16.2. The van der Waals surface area contributed by atoms with E-state index in [1.165, 1.54) is 22.3 Å². The molecule has 0 amide bonds. The van der Waals surface area contributed by atoms with E-state index in [1.54, 1.807) is 9.46 Å². The van der Waals surface area contributed by atoms with E-state index in [9.17, 15) is 0 Å². The summed E-state index contributed by atoms with van der Waals surface area (Å²) in [6.45, 7) is 1.16. The minimum absolute atomic E-state index is 0.581. The number of hydrogen-bond acceptors (Lipinski definition) is 2. The summed E-state index contributed by atoms with van der Waals surface area (Å²) in [6.07, 6.45) is 8.52. The van der Waals surface area contributed by atoms with E-state index < -0.39 is 0 Å². The summed E-state index contributed by atoms with van der Waals surface area (Å²) in [5.74, 6) is 0. The van der Waals surface area contributed by atoms with Crippen molar-refractivity contribution in [2.45, 2.75) is 6.42 Å². The highest BCUT2D eigenvalue weighted by Gasteiger charge is 2.06. The van der Waals surface area contributed by atoms with Crippen LogP contribution in [0, 0.1) is 0 Å². The highest BCUT2D eigenvalue weighted by atomic mass is 16.7. The lowest BCUT2D eigenvalue weighted by atomic mass is 10.1. The van der Waals surface area contributed by atoms with Crippen molar-refractivity contribution in [2.75, 3.05) is 13.2 Å². The molecule has 0 aliphatic carbocycles. The number of hydrogen-bond donors (Lipinski definition) is 0. The Labute approximate surface area is 171 Å². The third-order valence-corrected chi connectivity index (χ3v) is 4.59. The van der Waals surface area contributed by atoms with Gasteiger partial charge in [-0.25, -0.2) is 0 Å². The third-order valence-electron chi connectivity index (χ3n) is 4.59. The predicted molar refractivity (Wildman–Crippen MR) is 112 cm³/mol. The van der Waals surface area contributed by atoms with Gasteiger partial charge in [-0.3, -0.25) is 9.68 Å². The molecule has 0 fully saturated rings. The average Bonchev–Trinajstić information content (AvgIpc) is 2.81. The van der Waals surface area contributed by atoms with Crippen LogP contribution in [0.1, 0.15) is 6.42 Å². The van der Waals surface area contributed by atoms with Gasteiger partial charge < -0.3 is 0 Å². The molecule has 144 valence electrons. The van der Waals surface area contributed by atoms with Crippen molar-refractivity contribution >= 4 is 0 Å². The number of aromatic nitrogens is 2. The smallest absolute Gasteiger partial charge is 0.223 e. The topological polar surface area (TPSA) is 26.2 Å². The molecule has 0 spiro atoms. The first-order chi connectivity index (χ1) is 14.4. The second-order valence-corrected chi connectivity index (χ2v) is 6.65. The zero-order chi connectivity index (χ0) is 19.7. The molecule has 0 aliphatic rings. The van der Waals surface area contributed by atoms with Crippen LogP contribution in [0.5, 0.6) is 0 Å². The van der Waals surface area contributed by atoms with Gasteiger partial charge in [0.15, 0.2) is 13.2 Å². The van der Waals surface area contributed by atoms with Crippen LogP contribution >= 0.6 is 0 Å². The average molecular weight is 384 g/mol. The van der Waals surface area contributed by atoms with E-state index in [2.05, 4.69) is 48.5 Å². The maximum Gasteiger partial charge on any atom is 0.223 e. The minimum atomic E-state index is 0.581. The van der Waals surface area contributed by atoms with Crippen molar-refractivity contribution in [1.82, 2.24) is 0 Å². The van der Waals surface area contributed by atoms with Crippen molar-refractivity contribution in [3.05, 3.63) is 110 Å². The zero-order valence-corrected chi connectivity index (χ0v) is 16.2. The monoisotopic (exact) mass is 384 g/mol. The molecule has 0 N–H and O–H groups in total. The summed E-state index contributed by atoms with van der Waals surface area (Å²) in [7, 11) is 0. The van der Waals surface area contributed by atoms with Crippen LogP contribution in [0.25, 0.3) is 22.3 Å². The molecule has 2 aromatic heterocycles. The highest BCUT2D eigenvalue weighted by molar-refractivity contribution is 5.62. The van der Waals surface area contributed by atoms with Crippen LogP contribution in [0.3, 0.4) is 0 Å². The molecular weight excluding hydrogens is 360 g/mol. The molecule has 4 aromatic rings. The molecule has 0 unspecified atom stereocenters. The van der Waals surface area contributed by atoms with Crippen molar-refractivity contribution in [3.63, 3.8) is 0 Å². The quantitative estimate of drug-likeness (QED) is 0.343. The molecule has 0 saturated heterocycles. The Kier molecular flexibility index (Phi) is 6.13. The molecule has 4 nitrogen and oxygen atoms in total. The first-order valence-corrected chi connectivity index (χ1v) is 9.78. The van der Waals surface area contributed by atoms with Gasteiger partial charge in [-0.2, -0.15) is 0 Å². The van der Waals surface area contributed by atoms with Gasteiger partial charge in [0.05, 0.1) is 0 Å². The van der Waals surface area contributed by atoms with Gasteiger partial charge in [-0.05, 0) is 22.3 Å². The number of nitrogens with zero attached hydrogens (tertiary/aromatic N) is 2. The van der Waals surface area contributed by atoms with Gasteiger partial charge in [-0.1, -0.05) is 60.7 Å². The molecule has 0 atom stereocenters. The summed E-state index contributed by atoms with van der Waals surface area (Å²) in [4.78, 5) is 11.5. The lowest BCUT2D eigenvalue weighted by Crippen LogP contribution is -2.45. The lowest BCUT2D eigenvalue weighted by Gasteiger charge is -2.02. The second kappa shape index (κ2) is 9.51. The minimum Gasteiger partial charge on any atom is -0.271 e. The molecule has 0 saturated carbocycles. The summed E-state index contributed by atoms with van der Waals surface area (Å²) in [6, 6.07) is 28.8. The Morgan fingerprint density at radius 1 is 0.448 bits per heavy atom. The maximum atomic E-state index is 5.74. The van der Waals surface area contributed by atoms with Gasteiger partial charge >= 0.3 is 0 Å². The van der Waals surface area contributed by atoms with Crippen molar-refractivity contribution in [1.29, 1.82) is 0 Å². The first kappa shape index (κ1) is 18.7. The van der Waals surface area contributed by atoms with Crippen LogP contribution in [-0.4, -0.2) is 13.2 Å². The van der Waals surface area contributed by atoms with Crippen LogP contribution in [0.4, 0.5) is 0 Å². The number of pyridine rings is 2. The fraction of sp³-hybridized carbons (Fsp3) is 0.120. The Bertz CT molecular complexity index is 917. The Hall–Kier alpha value is -3.66. The molecule has 0 radical (unpaired) electrons. The fourth-order valence-corrected chi connectivity index (χ4v) is 3.04. The van der Waals surface area contributed by atoms with E-state index in [4.69, 9.17) is 9.68 Å². The van der Waals surface area contributed by atoms with Crippen molar-refractivity contribution < 1.29 is 19.1 Å². The maximum absolute atomic E-state index is 5.74. The molecule has 29 heavy (non-hydrogen) atoms. The van der Waals surface area contributed by atoms with Gasteiger partial charge in [0.1, 0.15) is 0 Å². The summed E-state index contributed by atoms with van der Waals surface area (Å²) in [5, 5.41) is 0. The molecular formula is C25H24N2O2+2. The van der Waals surface area contributed by atoms with E-state index >= 15 is 0 Å². The molecule has 2 aromatic carbocycles. The van der Waals surface area contributed by atoms with E-state index in [-0.39, 0.29) is 0 Å². The Balaban J connectivity index is 1.20. The standard InChI is InChI=1S/C25H24N2O2/c1-3-8-22(9-4-1)24-12-16-26(17-13-24)28-20-7-21-29-27-18-14-25(15-19-27)23-10-5-2-6-11-23/h1-6,8-19H,7,20-21H2/q+2. The number of rotatable bonds is 8. The van der Waals surface area contributed by atoms with Crippen LogP contribution in [0.15, 0.2) is 110 Å². The summed E-state index contributed by atoms with van der Waals surface area (Å²) in [5.41, 5.74) is 4.74. The normalized spacial score (nSPS) is 10.5.